The summed E-state index contributed by atoms with van der Waals surface area (Å²) in [6, 6.07) is 3.54. The van der Waals surface area contributed by atoms with E-state index in [9.17, 15) is 19.7 Å². The fourth-order valence-electron chi connectivity index (χ4n) is 1.66. The molecule has 20 heavy (non-hydrogen) atoms. The van der Waals surface area contributed by atoms with E-state index in [0.717, 1.165) is 6.07 Å². The summed E-state index contributed by atoms with van der Waals surface area (Å²) in [6.45, 7) is 3.27. The Hall–Kier alpha value is -2.15. The van der Waals surface area contributed by atoms with Crippen LogP contribution in [0.4, 0.5) is 5.69 Å². The second-order valence-electron chi connectivity index (χ2n) is 4.90. The number of benzene rings is 1. The third-order valence-electron chi connectivity index (χ3n) is 2.48. The van der Waals surface area contributed by atoms with Gasteiger partial charge in [0.05, 0.1) is 15.5 Å². The smallest absolute Gasteiger partial charge is 0.270 e. The van der Waals surface area contributed by atoms with Crippen LogP contribution in [-0.4, -0.2) is 22.3 Å². The summed E-state index contributed by atoms with van der Waals surface area (Å²) in [7, 11) is 0. The molecule has 0 saturated carbocycles. The van der Waals surface area contributed by atoms with Crippen LogP contribution in [0.3, 0.4) is 0 Å². The van der Waals surface area contributed by atoms with Gasteiger partial charge in [0.25, 0.3) is 11.6 Å². The van der Waals surface area contributed by atoms with Crippen LogP contribution >= 0.6 is 11.6 Å². The average Bonchev–Trinajstić information content (AvgIpc) is 2.25. The molecule has 0 aliphatic rings. The zero-order chi connectivity index (χ0) is 15.5. The molecular weight excluding hydrogens is 286 g/mol. The number of carbonyl (C=O) groups is 2. The van der Waals surface area contributed by atoms with Gasteiger partial charge in [-0.15, -0.1) is 0 Å². The lowest BCUT2D eigenvalue weighted by atomic mass is 9.99. The molecule has 0 aliphatic carbocycles. The Kier molecular flexibility index (Phi) is 4.67. The molecule has 0 aliphatic heterocycles. The number of non-ortho nitro benzene ring substituents is 1. The summed E-state index contributed by atoms with van der Waals surface area (Å²) in [5.74, 6) is -1.08. The molecule has 0 saturated heterocycles. The summed E-state index contributed by atoms with van der Waals surface area (Å²) in [6.07, 6.45) is -0.0384. The van der Waals surface area contributed by atoms with E-state index >= 15 is 0 Å². The minimum atomic E-state index is -0.839. The summed E-state index contributed by atoms with van der Waals surface area (Å²) in [5.41, 5.74) is 4.13. The molecule has 2 amide bonds. The molecule has 108 valence electrons. The predicted octanol–water partition coefficient (Wildman–Crippen LogP) is 1.63. The lowest BCUT2D eigenvalue weighted by Crippen LogP contribution is -2.46. The maximum Gasteiger partial charge on any atom is 0.270 e. The number of nitrogens with two attached hydrogens (primary N) is 1. The molecule has 0 unspecified atom stereocenters. The van der Waals surface area contributed by atoms with Gasteiger partial charge in [0.1, 0.15) is 0 Å². The van der Waals surface area contributed by atoms with E-state index in [1.54, 1.807) is 13.8 Å². The fraction of sp³-hybridized carbons (Fsp3) is 0.333. The number of carbonyl (C=O) groups excluding carboxylic acids is 2. The SMILES string of the molecule is CC(C)(CC(N)=O)NC(=O)c1ccc([N+](=O)[O-])cc1Cl. The highest BCUT2D eigenvalue weighted by atomic mass is 35.5. The number of halogens is 1. The maximum atomic E-state index is 12.0. The van der Waals surface area contributed by atoms with Gasteiger partial charge >= 0.3 is 0 Å². The van der Waals surface area contributed by atoms with E-state index in [1.165, 1.54) is 12.1 Å². The van der Waals surface area contributed by atoms with E-state index in [4.69, 9.17) is 17.3 Å². The summed E-state index contributed by atoms with van der Waals surface area (Å²) >= 11 is 5.85. The molecule has 0 bridgehead atoms. The third-order valence-corrected chi connectivity index (χ3v) is 2.79. The van der Waals surface area contributed by atoms with Gasteiger partial charge in [-0.3, -0.25) is 19.7 Å². The van der Waals surface area contributed by atoms with E-state index in [-0.39, 0.29) is 22.7 Å². The second kappa shape index (κ2) is 5.87. The normalized spacial score (nSPS) is 10.9. The first-order valence-corrected chi connectivity index (χ1v) is 6.05. The lowest BCUT2D eigenvalue weighted by Gasteiger charge is -2.24. The number of hydrogen-bond donors (Lipinski definition) is 2. The van der Waals surface area contributed by atoms with Crippen LogP contribution in [0.5, 0.6) is 0 Å². The van der Waals surface area contributed by atoms with E-state index in [0.29, 0.717) is 0 Å². The first-order valence-electron chi connectivity index (χ1n) is 5.67. The quantitative estimate of drug-likeness (QED) is 0.635. The van der Waals surface area contributed by atoms with Crippen molar-refractivity contribution >= 4 is 29.1 Å². The Balaban J connectivity index is 2.93. The van der Waals surface area contributed by atoms with Gasteiger partial charge in [-0.25, -0.2) is 0 Å². The molecule has 3 N–H and O–H groups in total. The van der Waals surface area contributed by atoms with Crippen molar-refractivity contribution in [2.24, 2.45) is 5.73 Å². The predicted molar refractivity (Wildman–Crippen MR) is 73.5 cm³/mol. The van der Waals surface area contributed by atoms with Crippen LogP contribution in [0, 0.1) is 10.1 Å². The molecule has 0 atom stereocenters. The summed E-state index contributed by atoms with van der Waals surface area (Å²) in [4.78, 5) is 32.9. The monoisotopic (exact) mass is 299 g/mol. The fourth-order valence-corrected chi connectivity index (χ4v) is 1.92. The molecule has 0 radical (unpaired) electrons. The van der Waals surface area contributed by atoms with E-state index in [1.807, 2.05) is 0 Å². The molecule has 0 aromatic heterocycles. The van der Waals surface area contributed by atoms with Gasteiger partial charge < -0.3 is 11.1 Å². The minimum absolute atomic E-state index is 0.0356. The van der Waals surface area contributed by atoms with Gasteiger partial charge in [0.15, 0.2) is 0 Å². The van der Waals surface area contributed by atoms with Crippen LogP contribution in [0.1, 0.15) is 30.6 Å². The molecular formula is C12H14ClN3O4. The molecule has 0 heterocycles. The van der Waals surface area contributed by atoms with Crippen LogP contribution < -0.4 is 11.1 Å². The second-order valence-corrected chi connectivity index (χ2v) is 5.31. The van der Waals surface area contributed by atoms with Gasteiger partial charge in [0, 0.05) is 24.1 Å². The zero-order valence-corrected chi connectivity index (χ0v) is 11.7. The lowest BCUT2D eigenvalue weighted by molar-refractivity contribution is -0.384. The van der Waals surface area contributed by atoms with Crippen molar-refractivity contribution in [3.8, 4) is 0 Å². The Morgan fingerprint density at radius 1 is 1.45 bits per heavy atom. The van der Waals surface area contributed by atoms with Crippen LogP contribution in [0.25, 0.3) is 0 Å². The summed E-state index contributed by atoms with van der Waals surface area (Å²) < 4.78 is 0. The number of hydrogen-bond acceptors (Lipinski definition) is 4. The van der Waals surface area contributed by atoms with Gasteiger partial charge in [-0.2, -0.15) is 0 Å². The number of nitrogens with one attached hydrogen (secondary N) is 1. The van der Waals surface area contributed by atoms with Gasteiger partial charge in [-0.1, -0.05) is 11.6 Å². The summed E-state index contributed by atoms with van der Waals surface area (Å²) in [5, 5.41) is 13.1. The molecule has 1 aromatic rings. The molecule has 1 rings (SSSR count). The number of nitro groups is 1. The van der Waals surface area contributed by atoms with Crippen molar-refractivity contribution in [2.45, 2.75) is 25.8 Å². The topological polar surface area (TPSA) is 115 Å². The van der Waals surface area contributed by atoms with Crippen molar-refractivity contribution in [2.75, 3.05) is 0 Å². The van der Waals surface area contributed by atoms with Crippen molar-refractivity contribution in [3.05, 3.63) is 38.9 Å². The highest BCUT2D eigenvalue weighted by Crippen LogP contribution is 2.23. The standard InChI is InChI=1S/C12H14ClN3O4/c1-12(2,6-10(14)17)15-11(18)8-4-3-7(16(19)20)5-9(8)13/h3-5H,6H2,1-2H3,(H2,14,17)(H,15,18). The van der Waals surface area contributed by atoms with E-state index in [2.05, 4.69) is 5.32 Å². The van der Waals surface area contributed by atoms with Crippen LogP contribution in [0.15, 0.2) is 18.2 Å². The number of nitrogens with zero attached hydrogens (tertiary/aromatic N) is 1. The Morgan fingerprint density at radius 2 is 2.05 bits per heavy atom. The Bertz CT molecular complexity index is 572. The number of amides is 2. The number of rotatable bonds is 5. The number of primary amides is 1. The van der Waals surface area contributed by atoms with Gasteiger partial charge in [0.2, 0.25) is 5.91 Å². The third kappa shape index (κ3) is 4.20. The number of nitro benzene ring substituents is 1. The highest BCUT2D eigenvalue weighted by Gasteiger charge is 2.25. The molecule has 1 aromatic carbocycles. The highest BCUT2D eigenvalue weighted by molar-refractivity contribution is 6.34. The molecule has 8 heteroatoms. The van der Waals surface area contributed by atoms with Crippen molar-refractivity contribution < 1.29 is 14.5 Å². The maximum absolute atomic E-state index is 12.0. The molecule has 0 spiro atoms. The molecule has 7 nitrogen and oxygen atoms in total. The largest absolute Gasteiger partial charge is 0.370 e. The van der Waals surface area contributed by atoms with E-state index < -0.39 is 22.3 Å². The van der Waals surface area contributed by atoms with Gasteiger partial charge in [-0.05, 0) is 19.9 Å². The first kappa shape index (κ1) is 15.9. The van der Waals surface area contributed by atoms with Crippen molar-refractivity contribution in [1.82, 2.24) is 5.32 Å². The average molecular weight is 300 g/mol. The van der Waals surface area contributed by atoms with Crippen molar-refractivity contribution in [1.29, 1.82) is 0 Å². The first-order chi connectivity index (χ1) is 9.12. The zero-order valence-electron chi connectivity index (χ0n) is 11.0. The Morgan fingerprint density at radius 3 is 2.50 bits per heavy atom. The minimum Gasteiger partial charge on any atom is -0.370 e. The van der Waals surface area contributed by atoms with Crippen LogP contribution in [-0.2, 0) is 4.79 Å². The van der Waals surface area contributed by atoms with Crippen LogP contribution in [0.2, 0.25) is 5.02 Å². The Labute approximate surface area is 120 Å². The molecule has 0 fully saturated rings. The van der Waals surface area contributed by atoms with Crippen molar-refractivity contribution in [3.63, 3.8) is 0 Å².